The molecule has 6 nitrogen and oxygen atoms in total. The van der Waals surface area contributed by atoms with Crippen molar-refractivity contribution in [3.63, 3.8) is 0 Å². The smallest absolute Gasteiger partial charge is 0.328 e. The van der Waals surface area contributed by atoms with Gasteiger partial charge in [-0.2, -0.15) is 0 Å². The van der Waals surface area contributed by atoms with E-state index in [4.69, 9.17) is 14.9 Å². The number of hydrogen-bond donors (Lipinski definition) is 3. The number of hydrogen-bond acceptors (Lipinski definition) is 4. The molecule has 2 atom stereocenters. The highest BCUT2D eigenvalue weighted by Gasteiger charge is 2.28. The minimum Gasteiger partial charge on any atom is -0.492 e. The largest absolute Gasteiger partial charge is 0.492 e. The topological polar surface area (TPSA) is 95.9 Å². The Kier molecular flexibility index (Phi) is 4.01. The average Bonchev–Trinajstić information content (AvgIpc) is 2.43. The molecular weight excluding hydrogens is 250 g/mol. The molecule has 0 aromatic heterocycles. The van der Waals surface area contributed by atoms with E-state index in [2.05, 4.69) is 5.32 Å². The van der Waals surface area contributed by atoms with Gasteiger partial charge in [-0.25, -0.2) is 4.79 Å². The number of ether oxygens (including phenoxy) is 1. The standard InChI is InChI=1S/C13H15NO5/c15-6-10(13(17)18)14-12(16)9-5-8-3-1-2-4-11(8)19-7-9/h1-4,9-10,15H,5-7H2,(H,14,16)(H,17,18)/t9?,10-/m1/s1. The van der Waals surface area contributed by atoms with E-state index in [1.807, 2.05) is 24.3 Å². The lowest BCUT2D eigenvalue weighted by Gasteiger charge is -2.25. The van der Waals surface area contributed by atoms with Gasteiger partial charge in [0.15, 0.2) is 0 Å². The van der Waals surface area contributed by atoms with Crippen LogP contribution in [0.15, 0.2) is 24.3 Å². The Morgan fingerprint density at radius 2 is 2.16 bits per heavy atom. The summed E-state index contributed by atoms with van der Waals surface area (Å²) in [6, 6.07) is 6.14. The third-order valence-corrected chi connectivity index (χ3v) is 3.05. The van der Waals surface area contributed by atoms with Crippen LogP contribution in [0.4, 0.5) is 0 Å². The first kappa shape index (κ1) is 13.4. The second-order valence-corrected chi connectivity index (χ2v) is 4.40. The van der Waals surface area contributed by atoms with Crippen molar-refractivity contribution in [2.24, 2.45) is 5.92 Å². The second kappa shape index (κ2) is 5.71. The molecule has 1 aliphatic heterocycles. The van der Waals surface area contributed by atoms with E-state index in [1.165, 1.54) is 0 Å². The molecule has 1 heterocycles. The van der Waals surface area contributed by atoms with Crippen molar-refractivity contribution in [3.05, 3.63) is 29.8 Å². The summed E-state index contributed by atoms with van der Waals surface area (Å²) < 4.78 is 5.46. The molecule has 6 heteroatoms. The van der Waals surface area contributed by atoms with Crippen molar-refractivity contribution in [1.82, 2.24) is 5.32 Å². The Morgan fingerprint density at radius 3 is 2.84 bits per heavy atom. The molecular formula is C13H15NO5. The van der Waals surface area contributed by atoms with Crippen molar-refractivity contribution in [3.8, 4) is 5.75 Å². The fourth-order valence-corrected chi connectivity index (χ4v) is 1.97. The minimum absolute atomic E-state index is 0.209. The summed E-state index contributed by atoms with van der Waals surface area (Å²) in [7, 11) is 0. The Labute approximate surface area is 110 Å². The van der Waals surface area contributed by atoms with E-state index in [0.29, 0.717) is 6.42 Å². The van der Waals surface area contributed by atoms with Gasteiger partial charge >= 0.3 is 5.97 Å². The third-order valence-electron chi connectivity index (χ3n) is 3.05. The van der Waals surface area contributed by atoms with Gasteiger partial charge in [0.25, 0.3) is 0 Å². The summed E-state index contributed by atoms with van der Waals surface area (Å²) in [6.07, 6.45) is 0.500. The zero-order valence-corrected chi connectivity index (χ0v) is 10.2. The van der Waals surface area contributed by atoms with Gasteiger partial charge in [-0.3, -0.25) is 4.79 Å². The molecule has 0 spiro atoms. The molecule has 1 aromatic rings. The number of carbonyl (C=O) groups excluding carboxylic acids is 1. The van der Waals surface area contributed by atoms with Crippen molar-refractivity contribution in [2.75, 3.05) is 13.2 Å². The van der Waals surface area contributed by atoms with Crippen molar-refractivity contribution < 1.29 is 24.5 Å². The quantitative estimate of drug-likeness (QED) is 0.700. The molecule has 0 saturated carbocycles. The molecule has 2 rings (SSSR count). The number of fused-ring (bicyclic) bond motifs is 1. The lowest BCUT2D eigenvalue weighted by atomic mass is 9.96. The number of rotatable bonds is 4. The van der Waals surface area contributed by atoms with Gasteiger partial charge < -0.3 is 20.3 Å². The van der Waals surface area contributed by atoms with Crippen molar-refractivity contribution in [1.29, 1.82) is 0 Å². The number of amides is 1. The highest BCUT2D eigenvalue weighted by molar-refractivity contribution is 5.85. The molecule has 1 unspecified atom stereocenters. The third kappa shape index (κ3) is 3.03. The lowest BCUT2D eigenvalue weighted by molar-refractivity contribution is -0.143. The number of aliphatic hydroxyl groups is 1. The summed E-state index contributed by atoms with van der Waals surface area (Å²) in [6.45, 7) is -0.425. The first-order chi connectivity index (χ1) is 9.11. The summed E-state index contributed by atoms with van der Waals surface area (Å²) in [4.78, 5) is 22.7. The maximum absolute atomic E-state index is 11.9. The van der Waals surface area contributed by atoms with Gasteiger partial charge in [0.05, 0.1) is 12.5 Å². The summed E-state index contributed by atoms with van der Waals surface area (Å²) in [5.41, 5.74) is 0.921. The molecule has 1 amide bonds. The van der Waals surface area contributed by atoms with Gasteiger partial charge in [0.2, 0.25) is 5.91 Å². The van der Waals surface area contributed by atoms with Gasteiger partial charge in [0.1, 0.15) is 18.4 Å². The minimum atomic E-state index is -1.27. The molecule has 3 N–H and O–H groups in total. The number of nitrogens with one attached hydrogen (secondary N) is 1. The normalized spacial score (nSPS) is 18.9. The highest BCUT2D eigenvalue weighted by Crippen LogP contribution is 2.26. The van der Waals surface area contributed by atoms with Crippen LogP contribution in [0.1, 0.15) is 5.56 Å². The van der Waals surface area contributed by atoms with E-state index in [9.17, 15) is 9.59 Å². The molecule has 1 aliphatic rings. The van der Waals surface area contributed by atoms with Gasteiger partial charge in [-0.1, -0.05) is 18.2 Å². The number of carboxylic acids is 1. The molecule has 0 saturated heterocycles. The molecule has 0 fully saturated rings. The Morgan fingerprint density at radius 1 is 1.42 bits per heavy atom. The zero-order valence-electron chi connectivity index (χ0n) is 10.2. The maximum atomic E-state index is 11.9. The van der Waals surface area contributed by atoms with Crippen LogP contribution in [0.25, 0.3) is 0 Å². The first-order valence-electron chi connectivity index (χ1n) is 5.96. The van der Waals surface area contributed by atoms with E-state index in [0.717, 1.165) is 11.3 Å². The van der Waals surface area contributed by atoms with Crippen LogP contribution < -0.4 is 10.1 Å². The van der Waals surface area contributed by atoms with E-state index in [1.54, 1.807) is 0 Å². The van der Waals surface area contributed by atoms with E-state index < -0.39 is 30.4 Å². The fourth-order valence-electron chi connectivity index (χ4n) is 1.97. The molecule has 0 radical (unpaired) electrons. The molecule has 0 bridgehead atoms. The second-order valence-electron chi connectivity index (χ2n) is 4.40. The van der Waals surface area contributed by atoms with Crippen LogP contribution in [-0.4, -0.2) is 41.3 Å². The van der Waals surface area contributed by atoms with Crippen LogP contribution in [0.3, 0.4) is 0 Å². The van der Waals surface area contributed by atoms with Crippen LogP contribution in [-0.2, 0) is 16.0 Å². The average molecular weight is 265 g/mol. The van der Waals surface area contributed by atoms with Crippen molar-refractivity contribution in [2.45, 2.75) is 12.5 Å². The first-order valence-corrected chi connectivity index (χ1v) is 5.96. The monoisotopic (exact) mass is 265 g/mol. The van der Waals surface area contributed by atoms with Gasteiger partial charge in [-0.05, 0) is 18.1 Å². The number of benzene rings is 1. The van der Waals surface area contributed by atoms with Crippen LogP contribution in [0, 0.1) is 5.92 Å². The molecule has 102 valence electrons. The maximum Gasteiger partial charge on any atom is 0.328 e. The molecule has 19 heavy (non-hydrogen) atoms. The SMILES string of the molecule is O=C(N[C@H](CO)C(=O)O)C1COc2ccccc2C1. The van der Waals surface area contributed by atoms with Crippen molar-refractivity contribution >= 4 is 11.9 Å². The molecule has 1 aromatic carbocycles. The number of aliphatic hydroxyl groups excluding tert-OH is 1. The van der Waals surface area contributed by atoms with E-state index in [-0.39, 0.29) is 6.61 Å². The van der Waals surface area contributed by atoms with Crippen LogP contribution in [0.2, 0.25) is 0 Å². The number of aliphatic carboxylic acids is 1. The summed E-state index contributed by atoms with van der Waals surface area (Å²) in [5.74, 6) is -1.37. The summed E-state index contributed by atoms with van der Waals surface area (Å²) in [5, 5.41) is 19.9. The lowest BCUT2D eigenvalue weighted by Crippen LogP contribution is -2.47. The number of para-hydroxylation sites is 1. The number of carboxylic acid groups (broad SMARTS) is 1. The fraction of sp³-hybridized carbons (Fsp3) is 0.385. The Bertz CT molecular complexity index is 488. The Hall–Kier alpha value is -2.08. The predicted octanol–water partition coefficient (Wildman–Crippen LogP) is -0.201. The predicted molar refractivity (Wildman–Crippen MR) is 65.8 cm³/mol. The number of carbonyl (C=O) groups is 2. The summed E-state index contributed by atoms with van der Waals surface area (Å²) >= 11 is 0. The van der Waals surface area contributed by atoms with Gasteiger partial charge in [-0.15, -0.1) is 0 Å². The van der Waals surface area contributed by atoms with E-state index >= 15 is 0 Å². The zero-order chi connectivity index (χ0) is 13.8. The van der Waals surface area contributed by atoms with Gasteiger partial charge in [0, 0.05) is 0 Å². The highest BCUT2D eigenvalue weighted by atomic mass is 16.5. The van der Waals surface area contributed by atoms with Crippen LogP contribution >= 0.6 is 0 Å². The Balaban J connectivity index is 2.01. The molecule has 0 aliphatic carbocycles. The van der Waals surface area contributed by atoms with Crippen LogP contribution in [0.5, 0.6) is 5.75 Å².